The van der Waals surface area contributed by atoms with E-state index in [0.29, 0.717) is 6.04 Å². The average Bonchev–Trinajstić information content (AvgIpc) is 2.54. The van der Waals surface area contributed by atoms with E-state index in [1.807, 2.05) is 0 Å². The third-order valence-corrected chi connectivity index (χ3v) is 5.27. The van der Waals surface area contributed by atoms with Crippen LogP contribution in [-0.4, -0.2) is 56.1 Å². The molecule has 1 aromatic carbocycles. The van der Waals surface area contributed by atoms with E-state index in [2.05, 4.69) is 53.4 Å². The van der Waals surface area contributed by atoms with Gasteiger partial charge in [-0.1, -0.05) is 31.2 Å². The summed E-state index contributed by atoms with van der Waals surface area (Å²) in [6.45, 7) is 9.44. The number of likely N-dealkylation sites (N-methyl/N-ethyl adjacent to an activating group) is 1. The van der Waals surface area contributed by atoms with Gasteiger partial charge in [0.15, 0.2) is 0 Å². The number of rotatable bonds is 4. The quantitative estimate of drug-likeness (QED) is 0.918. The Labute approximate surface area is 129 Å². The molecule has 2 atom stereocenters. The number of benzene rings is 1. The van der Waals surface area contributed by atoms with Crippen LogP contribution in [0.25, 0.3) is 0 Å². The molecule has 0 amide bonds. The second kappa shape index (κ2) is 6.91. The molecule has 0 saturated carbocycles. The summed E-state index contributed by atoms with van der Waals surface area (Å²) in [5.74, 6) is 0.721. The van der Waals surface area contributed by atoms with Crippen LogP contribution in [0.4, 0.5) is 0 Å². The Morgan fingerprint density at radius 1 is 1.14 bits per heavy atom. The minimum absolute atomic E-state index is 0.611. The second-order valence-electron chi connectivity index (χ2n) is 6.70. The van der Waals surface area contributed by atoms with Crippen LogP contribution in [0.3, 0.4) is 0 Å². The Morgan fingerprint density at radius 2 is 1.86 bits per heavy atom. The molecular formula is C18H29N3. The van der Waals surface area contributed by atoms with E-state index in [1.165, 1.54) is 39.0 Å². The zero-order valence-electron chi connectivity index (χ0n) is 13.5. The third-order valence-electron chi connectivity index (χ3n) is 5.27. The Morgan fingerprint density at radius 3 is 2.62 bits per heavy atom. The lowest BCUT2D eigenvalue weighted by Crippen LogP contribution is -2.46. The third kappa shape index (κ3) is 3.47. The fourth-order valence-electron chi connectivity index (χ4n) is 3.83. The van der Waals surface area contributed by atoms with E-state index in [4.69, 9.17) is 0 Å². The standard InChI is InChI=1S/C18H29N3/c1-15-7-8-18(17-6-4-3-5-16(15)17)20(2)13-14-21-11-9-19-10-12-21/h3-6,15,18-19H,7-14H2,1-2H3. The Kier molecular flexibility index (Phi) is 4.94. The molecule has 0 spiro atoms. The predicted molar refractivity (Wildman–Crippen MR) is 88.8 cm³/mol. The van der Waals surface area contributed by atoms with Crippen molar-refractivity contribution < 1.29 is 0 Å². The Balaban J connectivity index is 1.62. The van der Waals surface area contributed by atoms with E-state index < -0.39 is 0 Å². The van der Waals surface area contributed by atoms with Gasteiger partial charge in [0.25, 0.3) is 0 Å². The van der Waals surface area contributed by atoms with Crippen molar-refractivity contribution in [2.75, 3.05) is 46.3 Å². The SMILES string of the molecule is CC1CCC(N(C)CCN2CCNCC2)c2ccccc21. The van der Waals surface area contributed by atoms with Gasteiger partial charge in [-0.3, -0.25) is 9.80 Å². The first-order valence-electron chi connectivity index (χ1n) is 8.48. The predicted octanol–water partition coefficient (Wildman–Crippen LogP) is 2.46. The van der Waals surface area contributed by atoms with Crippen LogP contribution < -0.4 is 5.32 Å². The van der Waals surface area contributed by atoms with Crippen LogP contribution in [0, 0.1) is 0 Å². The monoisotopic (exact) mass is 287 g/mol. The highest BCUT2D eigenvalue weighted by Gasteiger charge is 2.27. The van der Waals surface area contributed by atoms with E-state index in [-0.39, 0.29) is 0 Å². The molecule has 1 aliphatic heterocycles. The molecule has 1 aromatic rings. The lowest BCUT2D eigenvalue weighted by molar-refractivity contribution is 0.165. The molecule has 1 saturated heterocycles. The van der Waals surface area contributed by atoms with Crippen LogP contribution in [0.15, 0.2) is 24.3 Å². The lowest BCUT2D eigenvalue weighted by Gasteiger charge is -2.37. The normalized spacial score (nSPS) is 26.8. The van der Waals surface area contributed by atoms with Crippen molar-refractivity contribution in [2.24, 2.45) is 0 Å². The largest absolute Gasteiger partial charge is 0.314 e. The molecule has 1 aliphatic carbocycles. The van der Waals surface area contributed by atoms with E-state index >= 15 is 0 Å². The minimum Gasteiger partial charge on any atom is -0.314 e. The molecule has 2 aliphatic rings. The van der Waals surface area contributed by atoms with Crippen molar-refractivity contribution in [3.63, 3.8) is 0 Å². The maximum atomic E-state index is 3.43. The van der Waals surface area contributed by atoms with Crippen LogP contribution in [-0.2, 0) is 0 Å². The fourth-order valence-corrected chi connectivity index (χ4v) is 3.83. The van der Waals surface area contributed by atoms with Crippen LogP contribution in [0.1, 0.15) is 42.9 Å². The van der Waals surface area contributed by atoms with E-state index in [9.17, 15) is 0 Å². The number of hydrogen-bond acceptors (Lipinski definition) is 3. The van der Waals surface area contributed by atoms with Gasteiger partial charge in [-0.25, -0.2) is 0 Å². The summed E-state index contributed by atoms with van der Waals surface area (Å²) in [7, 11) is 2.31. The van der Waals surface area contributed by atoms with Crippen LogP contribution in [0.2, 0.25) is 0 Å². The summed E-state index contributed by atoms with van der Waals surface area (Å²) in [6, 6.07) is 9.68. The molecule has 0 aromatic heterocycles. The van der Waals surface area contributed by atoms with Gasteiger partial charge in [0.2, 0.25) is 0 Å². The molecule has 3 rings (SSSR count). The topological polar surface area (TPSA) is 18.5 Å². The average molecular weight is 287 g/mol. The van der Waals surface area contributed by atoms with Crippen LogP contribution in [0.5, 0.6) is 0 Å². The van der Waals surface area contributed by atoms with Crippen molar-refractivity contribution >= 4 is 0 Å². The molecule has 21 heavy (non-hydrogen) atoms. The van der Waals surface area contributed by atoms with Crippen molar-refractivity contribution in [3.05, 3.63) is 35.4 Å². The molecule has 3 heteroatoms. The first-order valence-corrected chi connectivity index (χ1v) is 8.48. The van der Waals surface area contributed by atoms with Crippen molar-refractivity contribution in [1.82, 2.24) is 15.1 Å². The Hall–Kier alpha value is -0.900. The molecule has 0 bridgehead atoms. The van der Waals surface area contributed by atoms with Crippen molar-refractivity contribution in [2.45, 2.75) is 31.7 Å². The summed E-state index contributed by atoms with van der Waals surface area (Å²) < 4.78 is 0. The van der Waals surface area contributed by atoms with Gasteiger partial charge in [-0.2, -0.15) is 0 Å². The summed E-state index contributed by atoms with van der Waals surface area (Å²) in [6.07, 6.45) is 2.62. The highest BCUT2D eigenvalue weighted by atomic mass is 15.2. The first-order chi connectivity index (χ1) is 10.3. The van der Waals surface area contributed by atoms with Gasteiger partial charge >= 0.3 is 0 Å². The summed E-state index contributed by atoms with van der Waals surface area (Å²) in [4.78, 5) is 5.16. The highest BCUT2D eigenvalue weighted by molar-refractivity contribution is 5.34. The number of fused-ring (bicyclic) bond motifs is 1. The van der Waals surface area contributed by atoms with Gasteiger partial charge in [0, 0.05) is 45.3 Å². The zero-order chi connectivity index (χ0) is 14.7. The number of nitrogens with one attached hydrogen (secondary N) is 1. The van der Waals surface area contributed by atoms with Gasteiger partial charge in [-0.15, -0.1) is 0 Å². The maximum absolute atomic E-state index is 3.43. The van der Waals surface area contributed by atoms with Gasteiger partial charge in [0.1, 0.15) is 0 Å². The first kappa shape index (κ1) is 15.0. The fraction of sp³-hybridized carbons (Fsp3) is 0.667. The zero-order valence-corrected chi connectivity index (χ0v) is 13.5. The number of nitrogens with zero attached hydrogens (tertiary/aromatic N) is 2. The lowest BCUT2D eigenvalue weighted by atomic mass is 9.80. The Bertz CT molecular complexity index is 454. The molecule has 0 radical (unpaired) electrons. The molecule has 1 N–H and O–H groups in total. The summed E-state index contributed by atoms with van der Waals surface area (Å²) in [5, 5.41) is 3.43. The number of piperazine rings is 1. The molecule has 1 heterocycles. The summed E-state index contributed by atoms with van der Waals surface area (Å²) >= 11 is 0. The molecular weight excluding hydrogens is 258 g/mol. The van der Waals surface area contributed by atoms with Gasteiger partial charge in [-0.05, 0) is 36.9 Å². The van der Waals surface area contributed by atoms with Crippen LogP contribution >= 0.6 is 0 Å². The number of hydrogen-bond donors (Lipinski definition) is 1. The van der Waals surface area contributed by atoms with Crippen molar-refractivity contribution in [1.29, 1.82) is 0 Å². The van der Waals surface area contributed by atoms with Gasteiger partial charge < -0.3 is 5.32 Å². The van der Waals surface area contributed by atoms with Gasteiger partial charge in [0.05, 0.1) is 0 Å². The smallest absolute Gasteiger partial charge is 0.0348 e. The molecule has 1 fully saturated rings. The summed E-state index contributed by atoms with van der Waals surface area (Å²) in [5.41, 5.74) is 3.14. The van der Waals surface area contributed by atoms with Crippen molar-refractivity contribution in [3.8, 4) is 0 Å². The molecule has 116 valence electrons. The minimum atomic E-state index is 0.611. The molecule has 3 nitrogen and oxygen atoms in total. The molecule has 2 unspecified atom stereocenters. The second-order valence-corrected chi connectivity index (χ2v) is 6.70. The van der Waals surface area contributed by atoms with E-state index in [0.717, 1.165) is 19.0 Å². The van der Waals surface area contributed by atoms with E-state index in [1.54, 1.807) is 11.1 Å². The maximum Gasteiger partial charge on any atom is 0.0348 e. The highest BCUT2D eigenvalue weighted by Crippen LogP contribution is 2.39.